The molecular weight excluding hydrogens is 344 g/mol. The van der Waals surface area contributed by atoms with E-state index in [0.717, 1.165) is 0 Å². The van der Waals surface area contributed by atoms with Crippen LogP contribution in [0, 0.1) is 0 Å². The van der Waals surface area contributed by atoms with Crippen LogP contribution in [0.2, 0.25) is 0 Å². The number of rotatable bonds is 8. The van der Waals surface area contributed by atoms with Crippen LogP contribution in [0.3, 0.4) is 0 Å². The topological polar surface area (TPSA) is 90.5 Å². The van der Waals surface area contributed by atoms with E-state index in [4.69, 9.17) is 9.15 Å². The van der Waals surface area contributed by atoms with Crippen molar-refractivity contribution in [1.82, 2.24) is 19.7 Å². The monoisotopic (exact) mass is 366 g/mol. The fraction of sp³-hybridized carbons (Fsp3) is 0.500. The summed E-state index contributed by atoms with van der Waals surface area (Å²) in [6, 6.07) is 3.62. The molecule has 2 rings (SSSR count). The number of amides is 1. The van der Waals surface area contributed by atoms with E-state index < -0.39 is 0 Å². The molecule has 25 heavy (non-hydrogen) atoms. The van der Waals surface area contributed by atoms with Gasteiger partial charge in [-0.3, -0.25) is 14.2 Å². The van der Waals surface area contributed by atoms with Crippen LogP contribution in [-0.4, -0.2) is 57.5 Å². The molecule has 0 aromatic carbocycles. The molecule has 2 aromatic heterocycles. The molecule has 136 valence electrons. The first-order chi connectivity index (χ1) is 11.9. The van der Waals surface area contributed by atoms with Gasteiger partial charge in [-0.2, -0.15) is 0 Å². The molecule has 1 atom stereocenters. The molecule has 0 fully saturated rings. The average molecular weight is 366 g/mol. The Morgan fingerprint density at radius 3 is 2.76 bits per heavy atom. The quantitative estimate of drug-likeness (QED) is 0.517. The van der Waals surface area contributed by atoms with Crippen LogP contribution in [0.4, 0.5) is 0 Å². The zero-order chi connectivity index (χ0) is 18.4. The van der Waals surface area contributed by atoms with Gasteiger partial charge < -0.3 is 14.1 Å². The van der Waals surface area contributed by atoms with E-state index in [9.17, 15) is 9.59 Å². The summed E-state index contributed by atoms with van der Waals surface area (Å²) in [7, 11) is 3.41. The first-order valence-electron chi connectivity index (χ1n) is 7.90. The van der Waals surface area contributed by atoms with Crippen LogP contribution >= 0.6 is 11.8 Å². The van der Waals surface area contributed by atoms with E-state index >= 15 is 0 Å². The first-order valence-corrected chi connectivity index (χ1v) is 8.78. The molecule has 2 heterocycles. The Kier molecular flexibility index (Phi) is 6.63. The summed E-state index contributed by atoms with van der Waals surface area (Å²) in [5.74, 6) is 0.786. The average Bonchev–Trinajstić information content (AvgIpc) is 3.19. The molecule has 0 unspecified atom stereocenters. The number of nitrogens with zero attached hydrogens (tertiary/aromatic N) is 4. The van der Waals surface area contributed by atoms with Crippen molar-refractivity contribution in [1.29, 1.82) is 0 Å². The Morgan fingerprint density at radius 2 is 2.16 bits per heavy atom. The standard InChI is InChI=1S/C16H22N4O4S/c1-5-23-14(21)9-13-17-18-16(25-11(2)15(22)19(3)4)20(13)10-12-7-6-8-24-12/h6-8,11H,5,9-10H2,1-4H3/t11-/m1/s1. The molecule has 0 radical (unpaired) electrons. The van der Waals surface area contributed by atoms with Crippen molar-refractivity contribution in [2.24, 2.45) is 0 Å². The summed E-state index contributed by atoms with van der Waals surface area (Å²) in [4.78, 5) is 25.4. The molecule has 0 saturated carbocycles. The van der Waals surface area contributed by atoms with Crippen LogP contribution in [0.15, 0.2) is 28.0 Å². The van der Waals surface area contributed by atoms with Crippen molar-refractivity contribution in [3.8, 4) is 0 Å². The summed E-state index contributed by atoms with van der Waals surface area (Å²) < 4.78 is 12.1. The van der Waals surface area contributed by atoms with Crippen LogP contribution in [0.1, 0.15) is 25.4 Å². The number of aromatic nitrogens is 3. The smallest absolute Gasteiger partial charge is 0.313 e. The predicted octanol–water partition coefficient (Wildman–Crippen LogP) is 1.59. The van der Waals surface area contributed by atoms with Gasteiger partial charge in [-0.1, -0.05) is 11.8 Å². The van der Waals surface area contributed by atoms with Crippen LogP contribution in [-0.2, 0) is 27.3 Å². The number of carbonyl (C=O) groups excluding carboxylic acids is 2. The molecule has 9 heteroatoms. The maximum Gasteiger partial charge on any atom is 0.313 e. The number of hydrogen-bond donors (Lipinski definition) is 0. The van der Waals surface area contributed by atoms with E-state index in [1.165, 1.54) is 16.7 Å². The summed E-state index contributed by atoms with van der Waals surface area (Å²) in [6.45, 7) is 4.24. The minimum atomic E-state index is -0.371. The van der Waals surface area contributed by atoms with Crippen molar-refractivity contribution >= 4 is 23.6 Å². The number of hydrogen-bond acceptors (Lipinski definition) is 7. The van der Waals surface area contributed by atoms with Gasteiger partial charge in [-0.25, -0.2) is 0 Å². The van der Waals surface area contributed by atoms with Crippen molar-refractivity contribution in [3.05, 3.63) is 30.0 Å². The number of carbonyl (C=O) groups is 2. The molecule has 0 bridgehead atoms. The molecule has 0 aliphatic heterocycles. The summed E-state index contributed by atoms with van der Waals surface area (Å²) >= 11 is 1.29. The number of esters is 1. The number of thioether (sulfide) groups is 1. The van der Waals surface area contributed by atoms with Crippen molar-refractivity contribution in [2.75, 3.05) is 20.7 Å². The van der Waals surface area contributed by atoms with E-state index in [-0.39, 0.29) is 23.5 Å². The molecule has 2 aromatic rings. The maximum atomic E-state index is 12.1. The van der Waals surface area contributed by atoms with E-state index in [0.29, 0.717) is 29.9 Å². The molecular formula is C16H22N4O4S. The highest BCUT2D eigenvalue weighted by atomic mass is 32.2. The van der Waals surface area contributed by atoms with Gasteiger partial charge in [0.15, 0.2) is 5.16 Å². The van der Waals surface area contributed by atoms with Gasteiger partial charge in [0.1, 0.15) is 18.0 Å². The third kappa shape index (κ3) is 5.09. The van der Waals surface area contributed by atoms with Crippen molar-refractivity contribution in [2.45, 2.75) is 37.2 Å². The second-order valence-corrected chi connectivity index (χ2v) is 6.85. The molecule has 0 spiro atoms. The van der Waals surface area contributed by atoms with Gasteiger partial charge in [-0.05, 0) is 26.0 Å². The van der Waals surface area contributed by atoms with Crippen LogP contribution < -0.4 is 0 Å². The molecule has 0 saturated heterocycles. The lowest BCUT2D eigenvalue weighted by Gasteiger charge is -2.16. The highest BCUT2D eigenvalue weighted by Gasteiger charge is 2.23. The van der Waals surface area contributed by atoms with Crippen LogP contribution in [0.5, 0.6) is 0 Å². The van der Waals surface area contributed by atoms with Gasteiger partial charge in [-0.15, -0.1) is 10.2 Å². The summed E-state index contributed by atoms with van der Waals surface area (Å²) in [5, 5.41) is 8.47. The van der Waals surface area contributed by atoms with Gasteiger partial charge >= 0.3 is 5.97 Å². The zero-order valence-electron chi connectivity index (χ0n) is 14.8. The first kappa shape index (κ1) is 19.0. The minimum Gasteiger partial charge on any atom is -0.467 e. The summed E-state index contributed by atoms with van der Waals surface area (Å²) in [5.41, 5.74) is 0. The van der Waals surface area contributed by atoms with Gasteiger partial charge in [0.2, 0.25) is 5.91 Å². The van der Waals surface area contributed by atoms with Gasteiger partial charge in [0.05, 0.1) is 24.7 Å². The normalized spacial score (nSPS) is 12.0. The predicted molar refractivity (Wildman–Crippen MR) is 92.2 cm³/mol. The zero-order valence-corrected chi connectivity index (χ0v) is 15.6. The highest BCUT2D eigenvalue weighted by molar-refractivity contribution is 8.00. The fourth-order valence-corrected chi connectivity index (χ4v) is 3.18. The van der Waals surface area contributed by atoms with Crippen molar-refractivity contribution in [3.63, 3.8) is 0 Å². The van der Waals surface area contributed by atoms with Gasteiger partial charge in [0.25, 0.3) is 0 Å². The van der Waals surface area contributed by atoms with E-state index in [1.807, 2.05) is 13.0 Å². The second-order valence-electron chi connectivity index (χ2n) is 5.54. The minimum absolute atomic E-state index is 0.0120. The van der Waals surface area contributed by atoms with E-state index in [1.54, 1.807) is 37.9 Å². The Bertz CT molecular complexity index is 712. The lowest BCUT2D eigenvalue weighted by Crippen LogP contribution is -2.30. The fourth-order valence-electron chi connectivity index (χ4n) is 2.17. The lowest BCUT2D eigenvalue weighted by molar-refractivity contribution is -0.142. The molecule has 8 nitrogen and oxygen atoms in total. The Balaban J connectivity index is 2.24. The second kappa shape index (κ2) is 8.70. The lowest BCUT2D eigenvalue weighted by atomic mass is 10.4. The maximum absolute atomic E-state index is 12.1. The number of furan rings is 1. The third-order valence-electron chi connectivity index (χ3n) is 3.37. The molecule has 0 aliphatic carbocycles. The van der Waals surface area contributed by atoms with E-state index in [2.05, 4.69) is 10.2 Å². The molecule has 1 amide bonds. The third-order valence-corrected chi connectivity index (χ3v) is 4.43. The largest absolute Gasteiger partial charge is 0.467 e. The van der Waals surface area contributed by atoms with Gasteiger partial charge in [0, 0.05) is 14.1 Å². The summed E-state index contributed by atoms with van der Waals surface area (Å²) in [6.07, 6.45) is 1.59. The highest BCUT2D eigenvalue weighted by Crippen LogP contribution is 2.24. The molecule has 0 N–H and O–H groups in total. The van der Waals surface area contributed by atoms with Crippen molar-refractivity contribution < 1.29 is 18.7 Å². The van der Waals surface area contributed by atoms with Crippen LogP contribution in [0.25, 0.3) is 0 Å². The Morgan fingerprint density at radius 1 is 1.40 bits per heavy atom. The number of ether oxygens (including phenoxy) is 1. The molecule has 0 aliphatic rings. The Hall–Kier alpha value is -2.29. The Labute approximate surface area is 150 Å². The SMILES string of the molecule is CCOC(=O)Cc1nnc(S[C@H](C)C(=O)N(C)C)n1Cc1ccco1.